The minimum atomic E-state index is 0.166. The predicted octanol–water partition coefficient (Wildman–Crippen LogP) is 0.794. The predicted molar refractivity (Wildman–Crippen MR) is 37.7 cm³/mol. The van der Waals surface area contributed by atoms with Gasteiger partial charge in [0.05, 0.1) is 12.7 Å². The van der Waals surface area contributed by atoms with Gasteiger partial charge in [-0.25, -0.2) is 0 Å². The Hall–Kier alpha value is -0.0800. The second kappa shape index (κ2) is 2.51. The molecule has 0 aromatic carbocycles. The van der Waals surface area contributed by atoms with E-state index in [2.05, 4.69) is 0 Å². The van der Waals surface area contributed by atoms with Gasteiger partial charge in [-0.2, -0.15) is 0 Å². The van der Waals surface area contributed by atoms with E-state index < -0.39 is 0 Å². The largest absolute Gasteiger partial charge is 0.394 e. The smallest absolute Gasteiger partial charge is 0.0834 e. The van der Waals surface area contributed by atoms with Crippen LogP contribution in [-0.2, 0) is 4.74 Å². The number of aliphatic hydroxyl groups is 1. The number of rotatable bonds is 1. The summed E-state index contributed by atoms with van der Waals surface area (Å²) in [5.41, 5.74) is 0. The van der Waals surface area contributed by atoms with Crippen molar-refractivity contribution < 1.29 is 9.84 Å². The molecule has 0 aromatic heterocycles. The van der Waals surface area contributed by atoms with Crippen molar-refractivity contribution in [1.29, 1.82) is 0 Å². The third-order valence-corrected chi connectivity index (χ3v) is 2.83. The number of ether oxygens (including phenoxy) is 1. The van der Waals surface area contributed by atoms with Crippen molar-refractivity contribution in [2.75, 3.05) is 13.2 Å². The molecule has 1 heterocycles. The Bertz CT molecular complexity index is 124. The van der Waals surface area contributed by atoms with Crippen LogP contribution in [0.3, 0.4) is 0 Å². The molecule has 0 amide bonds. The van der Waals surface area contributed by atoms with Gasteiger partial charge in [0.25, 0.3) is 0 Å². The number of hydrogen-bond donors (Lipinski definition) is 1. The summed E-state index contributed by atoms with van der Waals surface area (Å²) < 4.78 is 5.46. The molecule has 10 heavy (non-hydrogen) atoms. The molecule has 0 radical (unpaired) electrons. The Morgan fingerprint density at radius 3 is 3.10 bits per heavy atom. The summed E-state index contributed by atoms with van der Waals surface area (Å²) in [6.45, 7) is 1.11. The molecule has 2 heteroatoms. The molecule has 1 aliphatic heterocycles. The summed E-state index contributed by atoms with van der Waals surface area (Å²) in [5, 5.41) is 8.89. The zero-order chi connectivity index (χ0) is 6.97. The third-order valence-electron chi connectivity index (χ3n) is 2.83. The zero-order valence-electron chi connectivity index (χ0n) is 6.12. The van der Waals surface area contributed by atoms with E-state index in [1.54, 1.807) is 0 Å². The quantitative estimate of drug-likeness (QED) is 0.586. The minimum Gasteiger partial charge on any atom is -0.394 e. The molecule has 3 atom stereocenters. The van der Waals surface area contributed by atoms with Crippen molar-refractivity contribution in [1.82, 2.24) is 0 Å². The van der Waals surface area contributed by atoms with Crippen LogP contribution in [0.25, 0.3) is 0 Å². The second-order valence-corrected chi connectivity index (χ2v) is 3.49. The van der Waals surface area contributed by atoms with Crippen molar-refractivity contribution in [3.8, 4) is 0 Å². The average molecular weight is 142 g/mol. The van der Waals surface area contributed by atoms with E-state index in [0.717, 1.165) is 12.5 Å². The molecule has 0 spiro atoms. The van der Waals surface area contributed by atoms with Crippen molar-refractivity contribution in [2.24, 2.45) is 11.8 Å². The van der Waals surface area contributed by atoms with Crippen LogP contribution in [0.15, 0.2) is 0 Å². The van der Waals surface area contributed by atoms with Gasteiger partial charge in [0, 0.05) is 6.61 Å². The van der Waals surface area contributed by atoms with Crippen LogP contribution in [-0.4, -0.2) is 24.4 Å². The second-order valence-electron chi connectivity index (χ2n) is 3.49. The molecular weight excluding hydrogens is 128 g/mol. The lowest BCUT2D eigenvalue weighted by Crippen LogP contribution is -2.31. The molecule has 1 N–H and O–H groups in total. The Balaban J connectivity index is 2.00. The van der Waals surface area contributed by atoms with Crippen LogP contribution in [0.5, 0.6) is 0 Å². The molecule has 2 fully saturated rings. The van der Waals surface area contributed by atoms with Gasteiger partial charge in [-0.05, 0) is 31.1 Å². The van der Waals surface area contributed by atoms with E-state index >= 15 is 0 Å². The summed E-state index contributed by atoms with van der Waals surface area (Å²) >= 11 is 0. The normalized spacial score (nSPS) is 45.9. The van der Waals surface area contributed by atoms with Crippen LogP contribution < -0.4 is 0 Å². The molecule has 1 saturated carbocycles. The van der Waals surface area contributed by atoms with Crippen molar-refractivity contribution in [3.05, 3.63) is 0 Å². The van der Waals surface area contributed by atoms with Crippen molar-refractivity contribution in [2.45, 2.75) is 25.4 Å². The van der Waals surface area contributed by atoms with E-state index in [1.807, 2.05) is 0 Å². The van der Waals surface area contributed by atoms with Gasteiger partial charge < -0.3 is 9.84 Å². The first-order chi connectivity index (χ1) is 4.90. The minimum absolute atomic E-state index is 0.166. The highest BCUT2D eigenvalue weighted by Gasteiger charge is 2.35. The number of fused-ring (bicyclic) bond motifs is 2. The monoisotopic (exact) mass is 142 g/mol. The molecule has 2 rings (SSSR count). The van der Waals surface area contributed by atoms with Gasteiger partial charge in [0.1, 0.15) is 0 Å². The Kier molecular flexibility index (Phi) is 1.66. The van der Waals surface area contributed by atoms with E-state index in [1.165, 1.54) is 19.3 Å². The maximum Gasteiger partial charge on any atom is 0.0834 e. The number of aliphatic hydroxyl groups excluding tert-OH is 1. The van der Waals surface area contributed by atoms with Gasteiger partial charge in [0.15, 0.2) is 0 Å². The lowest BCUT2D eigenvalue weighted by molar-refractivity contribution is -0.0561. The van der Waals surface area contributed by atoms with Gasteiger partial charge in [-0.15, -0.1) is 0 Å². The van der Waals surface area contributed by atoms with E-state index in [-0.39, 0.29) is 12.7 Å². The van der Waals surface area contributed by atoms with Gasteiger partial charge in [0.2, 0.25) is 0 Å². The van der Waals surface area contributed by atoms with Gasteiger partial charge >= 0.3 is 0 Å². The first-order valence-corrected chi connectivity index (χ1v) is 4.12. The summed E-state index contributed by atoms with van der Waals surface area (Å²) in [5.74, 6) is 1.48. The van der Waals surface area contributed by atoms with Gasteiger partial charge in [-0.3, -0.25) is 0 Å². The van der Waals surface area contributed by atoms with E-state index in [0.29, 0.717) is 5.92 Å². The zero-order valence-corrected chi connectivity index (χ0v) is 6.12. The van der Waals surface area contributed by atoms with Crippen LogP contribution in [0.1, 0.15) is 19.3 Å². The highest BCUT2D eigenvalue weighted by atomic mass is 16.5. The summed E-state index contributed by atoms with van der Waals surface area (Å²) in [7, 11) is 0. The Morgan fingerprint density at radius 1 is 1.40 bits per heavy atom. The molecule has 58 valence electrons. The van der Waals surface area contributed by atoms with Crippen LogP contribution in [0.4, 0.5) is 0 Å². The molecule has 1 saturated heterocycles. The number of hydrogen-bond acceptors (Lipinski definition) is 2. The van der Waals surface area contributed by atoms with Crippen LogP contribution in [0.2, 0.25) is 0 Å². The molecule has 0 aromatic rings. The fourth-order valence-electron chi connectivity index (χ4n) is 2.20. The lowest BCUT2D eigenvalue weighted by atomic mass is 9.97. The molecule has 1 aliphatic carbocycles. The van der Waals surface area contributed by atoms with Crippen LogP contribution in [0, 0.1) is 11.8 Å². The Morgan fingerprint density at radius 2 is 2.30 bits per heavy atom. The molecule has 2 bridgehead atoms. The molecule has 2 nitrogen and oxygen atoms in total. The fraction of sp³-hybridized carbons (Fsp3) is 1.00. The standard InChI is InChI=1S/C8H14O2/c9-4-8-7-2-1-6(3-7)5-10-8/h6-9H,1-5H2/t6-,7+,8+/m1/s1. The summed E-state index contributed by atoms with van der Waals surface area (Å²) in [6.07, 6.45) is 4.06. The molecule has 0 unspecified atom stereocenters. The molecular formula is C8H14O2. The first kappa shape index (κ1) is 6.62. The topological polar surface area (TPSA) is 29.5 Å². The maximum atomic E-state index is 8.89. The van der Waals surface area contributed by atoms with E-state index in [9.17, 15) is 0 Å². The lowest BCUT2D eigenvalue weighted by Gasteiger charge is -2.27. The van der Waals surface area contributed by atoms with E-state index in [4.69, 9.17) is 9.84 Å². The SMILES string of the molecule is OC[C@@H]1OC[C@@H]2CC[C@H]1C2. The highest BCUT2D eigenvalue weighted by molar-refractivity contribution is 4.85. The summed E-state index contributed by atoms with van der Waals surface area (Å²) in [4.78, 5) is 0. The fourth-order valence-corrected chi connectivity index (χ4v) is 2.20. The van der Waals surface area contributed by atoms with Gasteiger partial charge in [-0.1, -0.05) is 0 Å². The van der Waals surface area contributed by atoms with Crippen molar-refractivity contribution in [3.63, 3.8) is 0 Å². The summed E-state index contributed by atoms with van der Waals surface area (Å²) in [6, 6.07) is 0. The maximum absolute atomic E-state index is 8.89. The third kappa shape index (κ3) is 0.956. The molecule has 2 aliphatic rings. The van der Waals surface area contributed by atoms with Crippen molar-refractivity contribution >= 4 is 0 Å². The average Bonchev–Trinajstić information content (AvgIpc) is 2.34. The van der Waals surface area contributed by atoms with Crippen LogP contribution >= 0.6 is 0 Å². The first-order valence-electron chi connectivity index (χ1n) is 4.12. The Labute approximate surface area is 61.2 Å². The highest BCUT2D eigenvalue weighted by Crippen LogP contribution is 2.38.